The predicted molar refractivity (Wildman–Crippen MR) is 64.2 cm³/mol. The van der Waals surface area contributed by atoms with E-state index < -0.39 is 0 Å². The van der Waals surface area contributed by atoms with Crippen molar-refractivity contribution in [1.29, 1.82) is 0 Å². The Morgan fingerprint density at radius 3 is 2.73 bits per heavy atom. The van der Waals surface area contributed by atoms with Crippen LogP contribution in [-0.4, -0.2) is 49.3 Å². The summed E-state index contributed by atoms with van der Waals surface area (Å²) in [6, 6.07) is 1.83. The fourth-order valence-corrected chi connectivity index (χ4v) is 2.19. The monoisotopic (exact) mass is 214 g/mol. The quantitative estimate of drug-likeness (QED) is 0.725. The highest BCUT2D eigenvalue weighted by Crippen LogP contribution is 2.13. The molecule has 0 aromatic heterocycles. The largest absolute Gasteiger partial charge is 0.380 e. The molecule has 1 N–H and O–H groups in total. The van der Waals surface area contributed by atoms with Crippen molar-refractivity contribution in [3.8, 4) is 0 Å². The topological polar surface area (TPSA) is 24.5 Å². The molecule has 1 fully saturated rings. The molecule has 1 aliphatic rings. The van der Waals surface area contributed by atoms with E-state index >= 15 is 0 Å². The van der Waals surface area contributed by atoms with Crippen molar-refractivity contribution >= 4 is 0 Å². The van der Waals surface area contributed by atoms with Gasteiger partial charge in [0.15, 0.2) is 0 Å². The zero-order valence-corrected chi connectivity index (χ0v) is 10.6. The molecule has 15 heavy (non-hydrogen) atoms. The summed E-state index contributed by atoms with van der Waals surface area (Å²) in [7, 11) is 0. The highest BCUT2D eigenvalue weighted by Gasteiger charge is 2.25. The maximum Gasteiger partial charge on any atom is 0.0619 e. The van der Waals surface area contributed by atoms with Crippen LogP contribution in [0.3, 0.4) is 0 Å². The lowest BCUT2D eigenvalue weighted by atomic mass is 10.2. The molecule has 1 rings (SSSR count). The lowest BCUT2D eigenvalue weighted by Gasteiger charge is -2.24. The summed E-state index contributed by atoms with van der Waals surface area (Å²) in [5, 5.41) is 3.60. The molecule has 1 heterocycles. The first kappa shape index (κ1) is 12.9. The van der Waals surface area contributed by atoms with Crippen molar-refractivity contribution in [1.82, 2.24) is 10.2 Å². The van der Waals surface area contributed by atoms with E-state index in [1.807, 2.05) is 0 Å². The van der Waals surface area contributed by atoms with Gasteiger partial charge in [0.1, 0.15) is 0 Å². The minimum Gasteiger partial charge on any atom is -0.380 e. The molecule has 90 valence electrons. The Balaban J connectivity index is 2.22. The van der Waals surface area contributed by atoms with Gasteiger partial charge in [-0.2, -0.15) is 0 Å². The minimum atomic E-state index is 0.559. The average Bonchev–Trinajstić information content (AvgIpc) is 2.61. The van der Waals surface area contributed by atoms with Crippen LogP contribution in [0.4, 0.5) is 0 Å². The summed E-state index contributed by atoms with van der Waals surface area (Å²) in [4.78, 5) is 2.52. The van der Waals surface area contributed by atoms with Gasteiger partial charge in [0.25, 0.3) is 0 Å². The number of likely N-dealkylation sites (tertiary alicyclic amines) is 1. The van der Waals surface area contributed by atoms with Crippen LogP contribution in [0.5, 0.6) is 0 Å². The molecular formula is C12H26N2O. The number of nitrogens with one attached hydrogen (secondary N) is 1. The van der Waals surface area contributed by atoms with E-state index in [2.05, 4.69) is 37.9 Å². The van der Waals surface area contributed by atoms with Crippen LogP contribution < -0.4 is 5.32 Å². The Hall–Kier alpha value is -0.120. The second kappa shape index (κ2) is 6.46. The molecule has 1 aliphatic heterocycles. The van der Waals surface area contributed by atoms with E-state index in [-0.39, 0.29) is 0 Å². The van der Waals surface area contributed by atoms with Gasteiger partial charge in [-0.3, -0.25) is 4.90 Å². The van der Waals surface area contributed by atoms with Crippen LogP contribution in [0.2, 0.25) is 0 Å². The van der Waals surface area contributed by atoms with Crippen LogP contribution in [0, 0.1) is 0 Å². The van der Waals surface area contributed by atoms with Gasteiger partial charge in [0.05, 0.1) is 6.61 Å². The summed E-state index contributed by atoms with van der Waals surface area (Å²) < 4.78 is 5.46. The third-order valence-electron chi connectivity index (χ3n) is 2.98. The molecule has 0 radical (unpaired) electrons. The van der Waals surface area contributed by atoms with Gasteiger partial charge in [-0.1, -0.05) is 13.8 Å². The third kappa shape index (κ3) is 4.49. The van der Waals surface area contributed by atoms with Crippen LogP contribution >= 0.6 is 0 Å². The fourth-order valence-electron chi connectivity index (χ4n) is 2.19. The Kier molecular flexibility index (Phi) is 5.58. The molecule has 0 aromatic rings. The Morgan fingerprint density at radius 2 is 2.13 bits per heavy atom. The molecule has 2 atom stereocenters. The van der Waals surface area contributed by atoms with E-state index in [0.717, 1.165) is 13.2 Å². The zero-order chi connectivity index (χ0) is 11.3. The Labute approximate surface area is 94.2 Å². The molecule has 0 spiro atoms. The number of hydrogen-bond acceptors (Lipinski definition) is 3. The van der Waals surface area contributed by atoms with Crippen molar-refractivity contribution in [2.75, 3.05) is 26.3 Å². The van der Waals surface area contributed by atoms with Gasteiger partial charge in [-0.05, 0) is 20.3 Å². The molecular weight excluding hydrogens is 188 g/mol. The molecule has 3 nitrogen and oxygen atoms in total. The fraction of sp³-hybridized carbons (Fsp3) is 1.00. The highest BCUT2D eigenvalue weighted by molar-refractivity contribution is 4.84. The average molecular weight is 214 g/mol. The summed E-state index contributed by atoms with van der Waals surface area (Å²) >= 11 is 0. The van der Waals surface area contributed by atoms with Crippen LogP contribution in [0.15, 0.2) is 0 Å². The second-order valence-corrected chi connectivity index (χ2v) is 4.81. The number of ether oxygens (including phenoxy) is 1. The van der Waals surface area contributed by atoms with Gasteiger partial charge in [0, 0.05) is 37.8 Å². The predicted octanol–water partition coefficient (Wildman–Crippen LogP) is 1.48. The van der Waals surface area contributed by atoms with Gasteiger partial charge >= 0.3 is 0 Å². The minimum absolute atomic E-state index is 0.559. The third-order valence-corrected chi connectivity index (χ3v) is 2.98. The first-order valence-corrected chi connectivity index (χ1v) is 6.21. The summed E-state index contributed by atoms with van der Waals surface area (Å²) in [6.07, 6.45) is 1.27. The summed E-state index contributed by atoms with van der Waals surface area (Å²) in [6.45, 7) is 12.8. The van der Waals surface area contributed by atoms with E-state index in [1.165, 1.54) is 19.5 Å². The molecule has 2 unspecified atom stereocenters. The molecule has 0 bridgehead atoms. The molecule has 0 saturated carbocycles. The van der Waals surface area contributed by atoms with Crippen molar-refractivity contribution in [3.63, 3.8) is 0 Å². The first-order valence-electron chi connectivity index (χ1n) is 6.21. The smallest absolute Gasteiger partial charge is 0.0619 e. The summed E-state index contributed by atoms with van der Waals surface area (Å²) in [5.41, 5.74) is 0. The maximum atomic E-state index is 5.46. The van der Waals surface area contributed by atoms with Gasteiger partial charge in [-0.15, -0.1) is 0 Å². The summed E-state index contributed by atoms with van der Waals surface area (Å²) in [5.74, 6) is 0. The molecule has 1 saturated heterocycles. The zero-order valence-electron chi connectivity index (χ0n) is 10.6. The molecule has 3 heteroatoms. The van der Waals surface area contributed by atoms with Crippen molar-refractivity contribution in [2.45, 2.75) is 52.2 Å². The lowest BCUT2D eigenvalue weighted by molar-refractivity contribution is 0.0834. The maximum absolute atomic E-state index is 5.46. The van der Waals surface area contributed by atoms with Gasteiger partial charge in [-0.25, -0.2) is 0 Å². The van der Waals surface area contributed by atoms with Crippen molar-refractivity contribution in [2.24, 2.45) is 0 Å². The first-order chi connectivity index (χ1) is 7.13. The lowest BCUT2D eigenvalue weighted by Crippen LogP contribution is -2.40. The van der Waals surface area contributed by atoms with E-state index in [1.54, 1.807) is 0 Å². The van der Waals surface area contributed by atoms with Gasteiger partial charge in [0.2, 0.25) is 0 Å². The number of hydrogen-bond donors (Lipinski definition) is 1. The van der Waals surface area contributed by atoms with Crippen molar-refractivity contribution in [3.05, 3.63) is 0 Å². The van der Waals surface area contributed by atoms with Crippen LogP contribution in [-0.2, 0) is 4.74 Å². The van der Waals surface area contributed by atoms with Crippen LogP contribution in [0.25, 0.3) is 0 Å². The SMILES string of the molecule is CCOCC(C)N1CCC(NC(C)C)C1. The number of rotatable bonds is 6. The van der Waals surface area contributed by atoms with E-state index in [4.69, 9.17) is 4.74 Å². The normalized spacial score (nSPS) is 25.0. The Bertz CT molecular complexity index is 173. The molecule has 0 aromatic carbocycles. The molecule has 0 aliphatic carbocycles. The van der Waals surface area contributed by atoms with E-state index in [0.29, 0.717) is 18.1 Å². The van der Waals surface area contributed by atoms with Crippen LogP contribution in [0.1, 0.15) is 34.1 Å². The van der Waals surface area contributed by atoms with E-state index in [9.17, 15) is 0 Å². The molecule has 0 amide bonds. The second-order valence-electron chi connectivity index (χ2n) is 4.81. The van der Waals surface area contributed by atoms with Crippen molar-refractivity contribution < 1.29 is 4.74 Å². The van der Waals surface area contributed by atoms with Gasteiger partial charge < -0.3 is 10.1 Å². The Morgan fingerprint density at radius 1 is 1.40 bits per heavy atom. The number of nitrogens with zero attached hydrogens (tertiary/aromatic N) is 1. The standard InChI is InChI=1S/C12H26N2O/c1-5-15-9-11(4)14-7-6-12(8-14)13-10(2)3/h10-13H,5-9H2,1-4H3. The highest BCUT2D eigenvalue weighted by atomic mass is 16.5.